The zero-order valence-corrected chi connectivity index (χ0v) is 14.9. The Bertz CT molecular complexity index is 983. The van der Waals surface area contributed by atoms with Crippen molar-refractivity contribution in [3.63, 3.8) is 0 Å². The first-order valence-corrected chi connectivity index (χ1v) is 8.60. The average Bonchev–Trinajstić information content (AvgIpc) is 2.72. The average molecular weight is 374 g/mol. The topological polar surface area (TPSA) is 81.5 Å². The molecular formula is C22H18N2O4. The van der Waals surface area contributed by atoms with E-state index < -0.39 is 4.92 Å². The molecule has 3 rings (SSSR count). The molecule has 0 atom stereocenters. The molecule has 0 aliphatic heterocycles. The quantitative estimate of drug-likeness (QED) is 0.365. The third kappa shape index (κ3) is 5.54. The molecule has 0 aliphatic carbocycles. The number of rotatable bonds is 7. The van der Waals surface area contributed by atoms with E-state index in [9.17, 15) is 14.9 Å². The highest BCUT2D eigenvalue weighted by atomic mass is 16.6. The lowest BCUT2D eigenvalue weighted by atomic mass is 10.2. The number of benzene rings is 3. The van der Waals surface area contributed by atoms with Gasteiger partial charge in [-0.3, -0.25) is 14.9 Å². The molecule has 0 aromatic heterocycles. The van der Waals surface area contributed by atoms with E-state index in [0.29, 0.717) is 12.3 Å². The van der Waals surface area contributed by atoms with Crippen LogP contribution in [0.25, 0.3) is 6.08 Å². The number of nitro groups is 1. The fourth-order valence-electron chi connectivity index (χ4n) is 2.47. The molecule has 0 radical (unpaired) electrons. The lowest BCUT2D eigenvalue weighted by Gasteiger charge is -2.06. The monoisotopic (exact) mass is 374 g/mol. The van der Waals surface area contributed by atoms with Gasteiger partial charge in [0, 0.05) is 23.9 Å². The smallest absolute Gasteiger partial charge is 0.271 e. The molecule has 3 aromatic rings. The Morgan fingerprint density at radius 1 is 1.00 bits per heavy atom. The van der Waals surface area contributed by atoms with E-state index in [1.807, 2.05) is 54.6 Å². The van der Waals surface area contributed by atoms with E-state index in [1.165, 1.54) is 24.3 Å². The van der Waals surface area contributed by atoms with Crippen LogP contribution in [0, 0.1) is 10.1 Å². The van der Waals surface area contributed by atoms with Gasteiger partial charge in [-0.1, -0.05) is 48.5 Å². The number of anilines is 1. The molecule has 1 amide bonds. The number of hydrogen-bond donors (Lipinski definition) is 1. The number of amides is 1. The molecule has 0 fully saturated rings. The maximum Gasteiger partial charge on any atom is 0.271 e. The van der Waals surface area contributed by atoms with Crippen LogP contribution in [0.3, 0.4) is 0 Å². The summed E-state index contributed by atoms with van der Waals surface area (Å²) in [4.78, 5) is 22.3. The van der Waals surface area contributed by atoms with Crippen LogP contribution in [0.4, 0.5) is 11.4 Å². The maximum absolute atomic E-state index is 12.0. The Morgan fingerprint density at radius 2 is 1.75 bits per heavy atom. The third-order valence-electron chi connectivity index (χ3n) is 3.88. The molecule has 0 saturated heterocycles. The number of nitro benzene ring substituents is 1. The largest absolute Gasteiger partial charge is 0.489 e. The van der Waals surface area contributed by atoms with E-state index in [4.69, 9.17) is 4.74 Å². The van der Waals surface area contributed by atoms with Crippen molar-refractivity contribution < 1.29 is 14.5 Å². The number of ether oxygens (including phenoxy) is 1. The van der Waals surface area contributed by atoms with Crippen LogP contribution in [-0.2, 0) is 11.4 Å². The second-order valence-electron chi connectivity index (χ2n) is 5.97. The van der Waals surface area contributed by atoms with Crippen molar-refractivity contribution in [2.24, 2.45) is 0 Å². The molecule has 1 N–H and O–H groups in total. The standard InChI is InChI=1S/C22H18N2O4/c25-22(23-19-7-4-8-20(15-19)24(26)27)14-11-17-9-12-21(13-10-17)28-16-18-5-2-1-3-6-18/h1-15H,16H2,(H,23,25)/b14-11+. The third-order valence-corrected chi connectivity index (χ3v) is 3.88. The van der Waals surface area contributed by atoms with Crippen molar-refractivity contribution in [1.29, 1.82) is 0 Å². The second kappa shape index (κ2) is 9.14. The molecule has 3 aromatic carbocycles. The van der Waals surface area contributed by atoms with Crippen molar-refractivity contribution in [3.05, 3.63) is 106 Å². The van der Waals surface area contributed by atoms with Gasteiger partial charge in [0.15, 0.2) is 0 Å². The molecular weight excluding hydrogens is 356 g/mol. The van der Waals surface area contributed by atoms with Crippen LogP contribution in [0.5, 0.6) is 5.75 Å². The van der Waals surface area contributed by atoms with Gasteiger partial charge in [0.2, 0.25) is 5.91 Å². The minimum Gasteiger partial charge on any atom is -0.489 e. The van der Waals surface area contributed by atoms with Crippen molar-refractivity contribution in [2.75, 3.05) is 5.32 Å². The molecule has 140 valence electrons. The van der Waals surface area contributed by atoms with Gasteiger partial charge in [-0.05, 0) is 35.4 Å². The molecule has 0 saturated carbocycles. The fourth-order valence-corrected chi connectivity index (χ4v) is 2.47. The number of hydrogen-bond acceptors (Lipinski definition) is 4. The van der Waals surface area contributed by atoms with Crippen LogP contribution in [0.2, 0.25) is 0 Å². The summed E-state index contributed by atoms with van der Waals surface area (Å²) in [5.41, 5.74) is 2.21. The lowest BCUT2D eigenvalue weighted by Crippen LogP contribution is -2.07. The maximum atomic E-state index is 12.0. The highest BCUT2D eigenvalue weighted by molar-refractivity contribution is 6.02. The van der Waals surface area contributed by atoms with Gasteiger partial charge in [-0.15, -0.1) is 0 Å². The normalized spacial score (nSPS) is 10.6. The van der Waals surface area contributed by atoms with Gasteiger partial charge in [0.25, 0.3) is 5.69 Å². The Kier molecular flexibility index (Phi) is 6.15. The Hall–Kier alpha value is -3.93. The van der Waals surface area contributed by atoms with Crippen LogP contribution in [-0.4, -0.2) is 10.8 Å². The zero-order chi connectivity index (χ0) is 19.8. The minimum atomic E-state index is -0.507. The zero-order valence-electron chi connectivity index (χ0n) is 14.9. The summed E-state index contributed by atoms with van der Waals surface area (Å²) < 4.78 is 5.72. The molecule has 0 spiro atoms. The van der Waals surface area contributed by atoms with Crippen molar-refractivity contribution in [2.45, 2.75) is 6.61 Å². The summed E-state index contributed by atoms with van der Waals surface area (Å²) in [6.45, 7) is 0.488. The molecule has 0 heterocycles. The van der Waals surface area contributed by atoms with Gasteiger partial charge in [0.1, 0.15) is 12.4 Å². The molecule has 6 heteroatoms. The minimum absolute atomic E-state index is 0.0760. The number of carbonyl (C=O) groups is 1. The van der Waals surface area contributed by atoms with Crippen molar-refractivity contribution >= 4 is 23.4 Å². The van der Waals surface area contributed by atoms with Gasteiger partial charge < -0.3 is 10.1 Å². The summed E-state index contributed by atoms with van der Waals surface area (Å²) in [5, 5.41) is 13.4. The highest BCUT2D eigenvalue weighted by Gasteiger charge is 2.06. The number of nitrogens with one attached hydrogen (secondary N) is 1. The Balaban J connectivity index is 1.54. The first-order chi connectivity index (χ1) is 13.6. The van der Waals surface area contributed by atoms with Gasteiger partial charge in [0.05, 0.1) is 4.92 Å². The van der Waals surface area contributed by atoms with E-state index in [0.717, 1.165) is 16.9 Å². The van der Waals surface area contributed by atoms with E-state index in [1.54, 1.807) is 12.1 Å². The molecule has 6 nitrogen and oxygen atoms in total. The second-order valence-corrected chi connectivity index (χ2v) is 5.97. The van der Waals surface area contributed by atoms with Crippen LogP contribution in [0.1, 0.15) is 11.1 Å². The Labute approximate surface area is 162 Å². The van der Waals surface area contributed by atoms with Crippen LogP contribution < -0.4 is 10.1 Å². The first kappa shape index (κ1) is 18.8. The predicted molar refractivity (Wildman–Crippen MR) is 108 cm³/mol. The number of carbonyl (C=O) groups excluding carboxylic acids is 1. The van der Waals surface area contributed by atoms with Gasteiger partial charge in [-0.25, -0.2) is 0 Å². The van der Waals surface area contributed by atoms with Crippen molar-refractivity contribution in [1.82, 2.24) is 0 Å². The summed E-state index contributed by atoms with van der Waals surface area (Å²) in [6.07, 6.45) is 3.03. The lowest BCUT2D eigenvalue weighted by molar-refractivity contribution is -0.384. The number of non-ortho nitro benzene ring substituents is 1. The summed E-state index contributed by atoms with van der Waals surface area (Å²) in [6, 6.07) is 23.0. The summed E-state index contributed by atoms with van der Waals surface area (Å²) >= 11 is 0. The molecule has 0 unspecified atom stereocenters. The first-order valence-electron chi connectivity index (χ1n) is 8.60. The Morgan fingerprint density at radius 3 is 2.46 bits per heavy atom. The van der Waals surface area contributed by atoms with Crippen molar-refractivity contribution in [3.8, 4) is 5.75 Å². The SMILES string of the molecule is O=C(/C=C/c1ccc(OCc2ccccc2)cc1)Nc1cccc([N+](=O)[O-])c1. The van der Waals surface area contributed by atoms with Crippen LogP contribution >= 0.6 is 0 Å². The predicted octanol–water partition coefficient (Wildman–Crippen LogP) is 4.83. The van der Waals surface area contributed by atoms with Gasteiger partial charge >= 0.3 is 0 Å². The van der Waals surface area contributed by atoms with Gasteiger partial charge in [-0.2, -0.15) is 0 Å². The summed E-state index contributed by atoms with van der Waals surface area (Å²) in [5.74, 6) is 0.368. The summed E-state index contributed by atoms with van der Waals surface area (Å²) in [7, 11) is 0. The molecule has 28 heavy (non-hydrogen) atoms. The molecule has 0 aliphatic rings. The van der Waals surface area contributed by atoms with E-state index >= 15 is 0 Å². The van der Waals surface area contributed by atoms with E-state index in [2.05, 4.69) is 5.32 Å². The number of nitrogens with zero attached hydrogens (tertiary/aromatic N) is 1. The van der Waals surface area contributed by atoms with E-state index in [-0.39, 0.29) is 11.6 Å². The fraction of sp³-hybridized carbons (Fsp3) is 0.0455. The highest BCUT2D eigenvalue weighted by Crippen LogP contribution is 2.18. The van der Waals surface area contributed by atoms with Crippen LogP contribution in [0.15, 0.2) is 84.9 Å². The molecule has 0 bridgehead atoms.